The van der Waals surface area contributed by atoms with Gasteiger partial charge in [-0.1, -0.05) is 12.1 Å². The van der Waals surface area contributed by atoms with Crippen LogP contribution in [0.25, 0.3) is 50.3 Å². The number of hydrogen-bond acceptors (Lipinski definition) is 5. The Hall–Kier alpha value is -4.39. The summed E-state index contributed by atoms with van der Waals surface area (Å²) in [7, 11) is 0. The van der Waals surface area contributed by atoms with Crippen LogP contribution in [0.15, 0.2) is 85.5 Å². The summed E-state index contributed by atoms with van der Waals surface area (Å²) in [5, 5.41) is 9.19. The molecule has 142 valence electrons. The number of imidazole rings is 1. The molecule has 6 rings (SSSR count). The SMILES string of the molecule is c1cc(-c2nc3ccc(-c4ccc5nn(-c6ccncc6)nc5c4)cc3[nH]2)ccn1. The fraction of sp³-hybridized carbons (Fsp3) is 0. The highest BCUT2D eigenvalue weighted by atomic mass is 15.5. The third-order valence-electron chi connectivity index (χ3n) is 5.04. The van der Waals surface area contributed by atoms with Crippen LogP contribution < -0.4 is 0 Å². The Labute approximate surface area is 171 Å². The molecule has 7 heteroatoms. The van der Waals surface area contributed by atoms with Gasteiger partial charge in [-0.05, 0) is 59.7 Å². The molecule has 6 aromatic rings. The van der Waals surface area contributed by atoms with Gasteiger partial charge in [0.1, 0.15) is 16.9 Å². The van der Waals surface area contributed by atoms with Gasteiger partial charge in [0.15, 0.2) is 0 Å². The van der Waals surface area contributed by atoms with Gasteiger partial charge < -0.3 is 4.98 Å². The molecule has 0 saturated heterocycles. The lowest BCUT2D eigenvalue weighted by molar-refractivity contribution is 0.764. The number of nitrogens with zero attached hydrogens (tertiary/aromatic N) is 6. The first kappa shape index (κ1) is 16.6. The van der Waals surface area contributed by atoms with Crippen molar-refractivity contribution in [2.24, 2.45) is 0 Å². The molecule has 4 heterocycles. The molecule has 0 aliphatic rings. The van der Waals surface area contributed by atoms with E-state index >= 15 is 0 Å². The summed E-state index contributed by atoms with van der Waals surface area (Å²) in [6.45, 7) is 0. The second kappa shape index (κ2) is 6.59. The van der Waals surface area contributed by atoms with E-state index in [0.29, 0.717) is 0 Å². The highest BCUT2D eigenvalue weighted by molar-refractivity contribution is 5.87. The summed E-state index contributed by atoms with van der Waals surface area (Å²) >= 11 is 0. The Balaban J connectivity index is 1.40. The van der Waals surface area contributed by atoms with Crippen molar-refractivity contribution in [3.05, 3.63) is 85.5 Å². The van der Waals surface area contributed by atoms with Crippen LogP contribution in [0.5, 0.6) is 0 Å². The molecular formula is C23H15N7. The Bertz CT molecular complexity index is 1370. The van der Waals surface area contributed by atoms with Crippen LogP contribution in [0.3, 0.4) is 0 Å². The van der Waals surface area contributed by atoms with Gasteiger partial charge in [0, 0.05) is 30.4 Å². The molecule has 0 aliphatic carbocycles. The largest absolute Gasteiger partial charge is 0.338 e. The number of pyridine rings is 2. The van der Waals surface area contributed by atoms with Crippen LogP contribution in [-0.2, 0) is 0 Å². The highest BCUT2D eigenvalue weighted by Crippen LogP contribution is 2.27. The number of benzene rings is 2. The van der Waals surface area contributed by atoms with Gasteiger partial charge in [0.2, 0.25) is 0 Å². The number of aromatic amines is 1. The van der Waals surface area contributed by atoms with E-state index < -0.39 is 0 Å². The van der Waals surface area contributed by atoms with E-state index in [0.717, 1.165) is 50.3 Å². The van der Waals surface area contributed by atoms with E-state index in [-0.39, 0.29) is 0 Å². The average molecular weight is 389 g/mol. The summed E-state index contributed by atoms with van der Waals surface area (Å²) < 4.78 is 0. The van der Waals surface area contributed by atoms with Gasteiger partial charge in [-0.15, -0.1) is 10.2 Å². The van der Waals surface area contributed by atoms with Crippen LogP contribution in [0.4, 0.5) is 0 Å². The molecule has 1 N–H and O–H groups in total. The van der Waals surface area contributed by atoms with Gasteiger partial charge in [0.05, 0.1) is 16.7 Å². The molecular weight excluding hydrogens is 374 g/mol. The number of rotatable bonds is 3. The first-order chi connectivity index (χ1) is 14.8. The number of hydrogen-bond donors (Lipinski definition) is 1. The van der Waals surface area contributed by atoms with E-state index in [1.807, 2.05) is 36.4 Å². The minimum Gasteiger partial charge on any atom is -0.338 e. The zero-order valence-corrected chi connectivity index (χ0v) is 15.8. The molecule has 0 aliphatic heterocycles. The first-order valence-electron chi connectivity index (χ1n) is 9.51. The molecule has 0 radical (unpaired) electrons. The van der Waals surface area contributed by atoms with Crippen molar-refractivity contribution in [2.45, 2.75) is 0 Å². The van der Waals surface area contributed by atoms with Crippen molar-refractivity contribution in [3.8, 4) is 28.2 Å². The van der Waals surface area contributed by atoms with Crippen LogP contribution in [0.2, 0.25) is 0 Å². The standard InChI is InChI=1S/C23H15N7/c1-3-19-21(27-23(26-19)15-5-9-24-10-6-15)13-16(1)17-2-4-20-22(14-17)29-30(28-20)18-7-11-25-12-8-18/h1-14H,(H,26,27). The Morgan fingerprint density at radius 1 is 0.600 bits per heavy atom. The predicted molar refractivity (Wildman–Crippen MR) is 115 cm³/mol. The molecule has 4 aromatic heterocycles. The molecule has 0 amide bonds. The van der Waals surface area contributed by atoms with Crippen LogP contribution in [0.1, 0.15) is 0 Å². The third kappa shape index (κ3) is 2.80. The zero-order valence-electron chi connectivity index (χ0n) is 15.8. The molecule has 7 nitrogen and oxygen atoms in total. The van der Waals surface area contributed by atoms with E-state index in [9.17, 15) is 0 Å². The van der Waals surface area contributed by atoms with Crippen LogP contribution in [0, 0.1) is 0 Å². The fourth-order valence-electron chi connectivity index (χ4n) is 3.52. The smallest absolute Gasteiger partial charge is 0.138 e. The third-order valence-corrected chi connectivity index (χ3v) is 5.04. The maximum atomic E-state index is 4.69. The van der Waals surface area contributed by atoms with Crippen molar-refractivity contribution in [3.63, 3.8) is 0 Å². The molecule has 2 aromatic carbocycles. The van der Waals surface area contributed by atoms with Crippen molar-refractivity contribution in [1.82, 2.24) is 34.9 Å². The highest BCUT2D eigenvalue weighted by Gasteiger charge is 2.09. The van der Waals surface area contributed by atoms with Gasteiger partial charge in [-0.3, -0.25) is 9.97 Å². The van der Waals surface area contributed by atoms with Crippen LogP contribution >= 0.6 is 0 Å². The lowest BCUT2D eigenvalue weighted by atomic mass is 10.0. The number of aromatic nitrogens is 7. The van der Waals surface area contributed by atoms with Crippen LogP contribution in [-0.4, -0.2) is 34.9 Å². The Morgan fingerprint density at radius 3 is 2.07 bits per heavy atom. The normalized spacial score (nSPS) is 11.3. The van der Waals surface area contributed by atoms with Crippen molar-refractivity contribution in [1.29, 1.82) is 0 Å². The summed E-state index contributed by atoms with van der Waals surface area (Å²) in [5.74, 6) is 0.834. The van der Waals surface area contributed by atoms with Crippen molar-refractivity contribution < 1.29 is 0 Å². The fourth-order valence-corrected chi connectivity index (χ4v) is 3.52. The summed E-state index contributed by atoms with van der Waals surface area (Å²) in [6.07, 6.45) is 6.99. The summed E-state index contributed by atoms with van der Waals surface area (Å²) in [4.78, 5) is 17.8. The summed E-state index contributed by atoms with van der Waals surface area (Å²) in [5.41, 5.74) is 7.65. The zero-order chi connectivity index (χ0) is 19.9. The summed E-state index contributed by atoms with van der Waals surface area (Å²) in [6, 6.07) is 20.0. The monoisotopic (exact) mass is 389 g/mol. The lowest BCUT2D eigenvalue weighted by Gasteiger charge is -2.01. The Kier molecular flexibility index (Phi) is 3.64. The molecule has 0 bridgehead atoms. The topological polar surface area (TPSA) is 85.2 Å². The minimum atomic E-state index is 0.834. The van der Waals surface area contributed by atoms with E-state index in [4.69, 9.17) is 4.98 Å². The Morgan fingerprint density at radius 2 is 1.27 bits per heavy atom. The number of nitrogens with one attached hydrogen (secondary N) is 1. The molecule has 0 atom stereocenters. The maximum Gasteiger partial charge on any atom is 0.138 e. The number of H-pyrrole nitrogens is 1. The van der Waals surface area contributed by atoms with Crippen molar-refractivity contribution in [2.75, 3.05) is 0 Å². The molecule has 0 saturated carbocycles. The lowest BCUT2D eigenvalue weighted by Crippen LogP contribution is -1.97. The molecule has 0 spiro atoms. The minimum absolute atomic E-state index is 0.834. The first-order valence-corrected chi connectivity index (χ1v) is 9.51. The average Bonchev–Trinajstić information content (AvgIpc) is 3.43. The van der Waals surface area contributed by atoms with E-state index in [1.54, 1.807) is 29.6 Å². The van der Waals surface area contributed by atoms with E-state index in [2.05, 4.69) is 49.4 Å². The number of fused-ring (bicyclic) bond motifs is 2. The van der Waals surface area contributed by atoms with Gasteiger partial charge in [0.25, 0.3) is 0 Å². The second-order valence-electron chi connectivity index (χ2n) is 6.95. The van der Waals surface area contributed by atoms with Gasteiger partial charge in [-0.25, -0.2) is 4.98 Å². The molecule has 0 unspecified atom stereocenters. The van der Waals surface area contributed by atoms with Gasteiger partial charge in [-0.2, -0.15) is 4.80 Å². The maximum absolute atomic E-state index is 4.69. The quantitative estimate of drug-likeness (QED) is 0.484. The predicted octanol–water partition coefficient (Wildman–Crippen LogP) is 4.42. The second-order valence-corrected chi connectivity index (χ2v) is 6.95. The van der Waals surface area contributed by atoms with E-state index in [1.165, 1.54) is 0 Å². The van der Waals surface area contributed by atoms with Gasteiger partial charge >= 0.3 is 0 Å². The molecule has 0 fully saturated rings. The van der Waals surface area contributed by atoms with Crippen molar-refractivity contribution >= 4 is 22.1 Å². The molecule has 30 heavy (non-hydrogen) atoms.